The lowest BCUT2D eigenvalue weighted by molar-refractivity contribution is -0.136. The fourth-order valence-electron chi connectivity index (χ4n) is 3.49. The van der Waals surface area contributed by atoms with Gasteiger partial charge in [0.2, 0.25) is 5.95 Å². The smallest absolute Gasteiger partial charge is 0.337 e. The molecule has 1 aromatic heterocycles. The van der Waals surface area contributed by atoms with E-state index in [2.05, 4.69) is 20.9 Å². The van der Waals surface area contributed by atoms with Crippen molar-refractivity contribution in [2.75, 3.05) is 12.4 Å². The monoisotopic (exact) mass is 333 g/mol. The summed E-state index contributed by atoms with van der Waals surface area (Å²) in [4.78, 5) is 17.2. The molecule has 25 heavy (non-hydrogen) atoms. The number of para-hydroxylation sites is 2. The molecule has 1 atom stereocenters. The number of carbonyl (C=O) groups excluding carboxylic acids is 1. The Balaban J connectivity index is 2.03. The zero-order chi connectivity index (χ0) is 17.6. The van der Waals surface area contributed by atoms with Gasteiger partial charge < -0.3 is 10.1 Å². The Hall–Kier alpha value is -3.08. The molecule has 2 heterocycles. The minimum absolute atomic E-state index is 0.281. The first-order chi connectivity index (χ1) is 12.1. The van der Waals surface area contributed by atoms with Crippen molar-refractivity contribution in [1.82, 2.24) is 9.55 Å². The maximum Gasteiger partial charge on any atom is 0.337 e. The summed E-state index contributed by atoms with van der Waals surface area (Å²) in [6.07, 6.45) is 0. The van der Waals surface area contributed by atoms with Crippen LogP contribution in [0.1, 0.15) is 24.1 Å². The highest BCUT2D eigenvalue weighted by atomic mass is 16.5. The summed E-state index contributed by atoms with van der Waals surface area (Å²) < 4.78 is 7.15. The van der Waals surface area contributed by atoms with Crippen molar-refractivity contribution < 1.29 is 9.53 Å². The molecule has 126 valence electrons. The van der Waals surface area contributed by atoms with Gasteiger partial charge >= 0.3 is 5.97 Å². The van der Waals surface area contributed by atoms with Crippen molar-refractivity contribution >= 4 is 23.0 Å². The summed E-state index contributed by atoms with van der Waals surface area (Å²) in [5.74, 6) is 0.401. The zero-order valence-corrected chi connectivity index (χ0v) is 14.4. The number of imidazole rings is 1. The van der Waals surface area contributed by atoms with Gasteiger partial charge in [-0.1, -0.05) is 42.0 Å². The number of rotatable bonds is 2. The molecule has 1 aliphatic heterocycles. The lowest BCUT2D eigenvalue weighted by Crippen LogP contribution is -2.28. The van der Waals surface area contributed by atoms with Crippen LogP contribution in [0.5, 0.6) is 0 Å². The van der Waals surface area contributed by atoms with E-state index in [0.717, 1.165) is 33.8 Å². The fraction of sp³-hybridized carbons (Fsp3) is 0.200. The van der Waals surface area contributed by atoms with Crippen LogP contribution in [0.3, 0.4) is 0 Å². The summed E-state index contributed by atoms with van der Waals surface area (Å²) in [5.41, 5.74) is 5.41. The van der Waals surface area contributed by atoms with Crippen LogP contribution >= 0.6 is 0 Å². The van der Waals surface area contributed by atoms with Gasteiger partial charge in [0, 0.05) is 5.70 Å². The van der Waals surface area contributed by atoms with Crippen LogP contribution in [0.15, 0.2) is 59.8 Å². The highest BCUT2D eigenvalue weighted by molar-refractivity contribution is 5.94. The molecule has 4 rings (SSSR count). The number of esters is 1. The highest BCUT2D eigenvalue weighted by Crippen LogP contribution is 2.39. The fourth-order valence-corrected chi connectivity index (χ4v) is 3.49. The van der Waals surface area contributed by atoms with Gasteiger partial charge in [0.05, 0.1) is 29.8 Å². The second-order valence-electron chi connectivity index (χ2n) is 6.27. The molecular formula is C20H19N3O2. The van der Waals surface area contributed by atoms with Crippen molar-refractivity contribution in [2.45, 2.75) is 19.9 Å². The van der Waals surface area contributed by atoms with E-state index in [1.807, 2.05) is 56.3 Å². The van der Waals surface area contributed by atoms with Gasteiger partial charge in [-0.25, -0.2) is 9.78 Å². The molecule has 1 N–H and O–H groups in total. The van der Waals surface area contributed by atoms with Gasteiger partial charge in [0.1, 0.15) is 0 Å². The SMILES string of the molecule is COC(=O)C1=C(C)Nc2nc3ccccc3n2[C@@H]1c1cccc(C)c1. The van der Waals surface area contributed by atoms with Crippen molar-refractivity contribution in [2.24, 2.45) is 0 Å². The number of anilines is 1. The van der Waals surface area contributed by atoms with Gasteiger partial charge in [-0.15, -0.1) is 0 Å². The van der Waals surface area contributed by atoms with Crippen LogP contribution in [0.25, 0.3) is 11.0 Å². The van der Waals surface area contributed by atoms with Crippen molar-refractivity contribution in [1.29, 1.82) is 0 Å². The van der Waals surface area contributed by atoms with Crippen molar-refractivity contribution in [3.8, 4) is 0 Å². The predicted molar refractivity (Wildman–Crippen MR) is 97.4 cm³/mol. The van der Waals surface area contributed by atoms with Crippen LogP contribution in [0.2, 0.25) is 0 Å². The Labute approximate surface area is 145 Å². The van der Waals surface area contributed by atoms with Gasteiger partial charge in [-0.2, -0.15) is 0 Å². The average Bonchev–Trinajstić information content (AvgIpc) is 2.97. The largest absolute Gasteiger partial charge is 0.466 e. The molecule has 5 heteroatoms. The summed E-state index contributed by atoms with van der Waals surface area (Å²) >= 11 is 0. The Bertz CT molecular complexity index is 1020. The lowest BCUT2D eigenvalue weighted by Gasteiger charge is -2.30. The minimum atomic E-state index is -0.333. The predicted octanol–water partition coefficient (Wildman–Crippen LogP) is 3.81. The molecule has 0 aliphatic carbocycles. The second-order valence-corrected chi connectivity index (χ2v) is 6.27. The number of fused-ring (bicyclic) bond motifs is 3. The quantitative estimate of drug-likeness (QED) is 0.725. The van der Waals surface area contributed by atoms with Gasteiger partial charge in [0.25, 0.3) is 0 Å². The first kappa shape index (κ1) is 15.4. The third-order valence-electron chi connectivity index (χ3n) is 4.59. The molecule has 0 fully saturated rings. The standard InChI is InChI=1S/C20H19N3O2/c1-12-7-6-8-14(11-12)18-17(19(24)25-3)13(2)21-20-22-15-9-4-5-10-16(15)23(18)20/h4-11,18H,1-3H3,(H,21,22)/t18-/m1/s1. The Morgan fingerprint density at radius 3 is 2.72 bits per heavy atom. The first-order valence-corrected chi connectivity index (χ1v) is 8.20. The molecule has 0 unspecified atom stereocenters. The van der Waals surface area contributed by atoms with E-state index < -0.39 is 0 Å². The van der Waals surface area contributed by atoms with E-state index in [0.29, 0.717) is 5.57 Å². The maximum absolute atomic E-state index is 12.6. The third kappa shape index (κ3) is 2.39. The molecule has 1 aliphatic rings. The van der Waals surface area contributed by atoms with Gasteiger partial charge in [0.15, 0.2) is 0 Å². The molecular weight excluding hydrogens is 314 g/mol. The third-order valence-corrected chi connectivity index (χ3v) is 4.59. The summed E-state index contributed by atoms with van der Waals surface area (Å²) in [7, 11) is 1.41. The summed E-state index contributed by atoms with van der Waals surface area (Å²) in [6, 6.07) is 15.9. The van der Waals surface area contributed by atoms with E-state index in [-0.39, 0.29) is 12.0 Å². The average molecular weight is 333 g/mol. The highest BCUT2D eigenvalue weighted by Gasteiger charge is 2.34. The van der Waals surface area contributed by atoms with E-state index in [4.69, 9.17) is 4.74 Å². The van der Waals surface area contributed by atoms with Crippen LogP contribution < -0.4 is 5.32 Å². The number of nitrogens with zero attached hydrogens (tertiary/aromatic N) is 2. The van der Waals surface area contributed by atoms with Gasteiger partial charge in [-0.05, 0) is 31.5 Å². The Morgan fingerprint density at radius 2 is 1.96 bits per heavy atom. The number of allylic oxidation sites excluding steroid dienone is 1. The number of nitrogens with one attached hydrogen (secondary N) is 1. The number of aryl methyl sites for hydroxylation is 1. The maximum atomic E-state index is 12.6. The van der Waals surface area contributed by atoms with E-state index in [9.17, 15) is 4.79 Å². The Kier molecular flexibility index (Phi) is 3.57. The number of aromatic nitrogens is 2. The van der Waals surface area contributed by atoms with E-state index in [1.165, 1.54) is 7.11 Å². The first-order valence-electron chi connectivity index (χ1n) is 8.20. The molecule has 0 bridgehead atoms. The Morgan fingerprint density at radius 1 is 1.16 bits per heavy atom. The van der Waals surface area contributed by atoms with Crippen molar-refractivity contribution in [3.05, 3.63) is 70.9 Å². The van der Waals surface area contributed by atoms with E-state index in [1.54, 1.807) is 0 Å². The molecule has 0 amide bonds. The topological polar surface area (TPSA) is 56.1 Å². The summed E-state index contributed by atoms with van der Waals surface area (Å²) in [6.45, 7) is 3.93. The molecule has 0 spiro atoms. The lowest BCUT2D eigenvalue weighted by atomic mass is 9.94. The molecule has 2 aromatic carbocycles. The zero-order valence-electron chi connectivity index (χ0n) is 14.4. The van der Waals surface area contributed by atoms with E-state index >= 15 is 0 Å². The van der Waals surface area contributed by atoms with Crippen LogP contribution in [-0.4, -0.2) is 22.6 Å². The molecule has 5 nitrogen and oxygen atoms in total. The van der Waals surface area contributed by atoms with Crippen LogP contribution in [0.4, 0.5) is 5.95 Å². The molecule has 0 saturated heterocycles. The summed E-state index contributed by atoms with van der Waals surface area (Å²) in [5, 5.41) is 3.26. The van der Waals surface area contributed by atoms with Crippen LogP contribution in [-0.2, 0) is 9.53 Å². The number of ether oxygens (including phenoxy) is 1. The number of carbonyl (C=O) groups is 1. The molecule has 3 aromatic rings. The minimum Gasteiger partial charge on any atom is -0.466 e. The number of hydrogen-bond donors (Lipinski definition) is 1. The second kappa shape index (κ2) is 5.77. The molecule has 0 saturated carbocycles. The van der Waals surface area contributed by atoms with Crippen LogP contribution in [0, 0.1) is 6.92 Å². The normalized spacial score (nSPS) is 16.5. The van der Waals surface area contributed by atoms with Crippen molar-refractivity contribution in [3.63, 3.8) is 0 Å². The number of methoxy groups -OCH3 is 1. The molecule has 0 radical (unpaired) electrons. The number of hydrogen-bond acceptors (Lipinski definition) is 4. The van der Waals surface area contributed by atoms with Gasteiger partial charge in [-0.3, -0.25) is 4.57 Å². The number of benzene rings is 2.